The zero-order valence-corrected chi connectivity index (χ0v) is 5.94. The standard InChI is InChI=1S/C6H13NO2/c1-3-7-6(8)4-5-9-2/h3-5H2,1-2H3,(H,7,8). The molecule has 0 aromatic carbocycles. The van der Waals surface area contributed by atoms with Crippen LogP contribution in [0.3, 0.4) is 0 Å². The van der Waals surface area contributed by atoms with Crippen LogP contribution in [0.2, 0.25) is 0 Å². The summed E-state index contributed by atoms with van der Waals surface area (Å²) in [5, 5.41) is 2.66. The lowest BCUT2D eigenvalue weighted by Gasteiger charge is -1.98. The fourth-order valence-electron chi connectivity index (χ4n) is 0.480. The number of amides is 1. The van der Waals surface area contributed by atoms with E-state index >= 15 is 0 Å². The number of nitrogens with one attached hydrogen (secondary N) is 1. The van der Waals surface area contributed by atoms with Crippen molar-refractivity contribution in [3.8, 4) is 0 Å². The maximum atomic E-state index is 10.6. The Labute approximate surface area is 55.4 Å². The first-order valence-corrected chi connectivity index (χ1v) is 3.07. The quantitative estimate of drug-likeness (QED) is 0.590. The largest absolute Gasteiger partial charge is 0.384 e. The van der Waals surface area contributed by atoms with Crippen molar-refractivity contribution in [3.63, 3.8) is 0 Å². The van der Waals surface area contributed by atoms with Crippen LogP contribution in [0.1, 0.15) is 13.3 Å². The Morgan fingerprint density at radius 2 is 2.33 bits per heavy atom. The van der Waals surface area contributed by atoms with E-state index in [2.05, 4.69) is 5.32 Å². The molecule has 0 aromatic rings. The van der Waals surface area contributed by atoms with E-state index in [1.165, 1.54) is 0 Å². The fraction of sp³-hybridized carbons (Fsp3) is 0.833. The summed E-state index contributed by atoms with van der Waals surface area (Å²) in [6.45, 7) is 3.10. The van der Waals surface area contributed by atoms with E-state index in [4.69, 9.17) is 4.74 Å². The Bertz CT molecular complexity index is 83.1. The van der Waals surface area contributed by atoms with Gasteiger partial charge in [0.1, 0.15) is 0 Å². The SMILES string of the molecule is CCNC(=O)CCOC. The number of methoxy groups -OCH3 is 1. The van der Waals surface area contributed by atoms with Crippen LogP contribution in [0.15, 0.2) is 0 Å². The van der Waals surface area contributed by atoms with Crippen LogP contribution in [0.4, 0.5) is 0 Å². The van der Waals surface area contributed by atoms with Gasteiger partial charge in [-0.1, -0.05) is 0 Å². The molecule has 0 unspecified atom stereocenters. The molecule has 3 nitrogen and oxygen atoms in total. The van der Waals surface area contributed by atoms with Gasteiger partial charge in [0, 0.05) is 20.1 Å². The van der Waals surface area contributed by atoms with Gasteiger partial charge in [0.05, 0.1) is 6.61 Å². The fourth-order valence-corrected chi connectivity index (χ4v) is 0.480. The van der Waals surface area contributed by atoms with Crippen molar-refractivity contribution in [2.24, 2.45) is 0 Å². The third-order valence-corrected chi connectivity index (χ3v) is 0.907. The second kappa shape index (κ2) is 5.56. The third-order valence-electron chi connectivity index (χ3n) is 0.907. The minimum absolute atomic E-state index is 0.0550. The van der Waals surface area contributed by atoms with Gasteiger partial charge < -0.3 is 10.1 Å². The Balaban J connectivity index is 3.06. The average Bonchev–Trinajstić information content (AvgIpc) is 1.85. The number of carbonyl (C=O) groups is 1. The number of rotatable bonds is 4. The van der Waals surface area contributed by atoms with E-state index in [0.717, 1.165) is 0 Å². The summed E-state index contributed by atoms with van der Waals surface area (Å²) < 4.78 is 4.70. The molecule has 0 radical (unpaired) electrons. The molecule has 0 heterocycles. The van der Waals surface area contributed by atoms with Crippen LogP contribution in [0.25, 0.3) is 0 Å². The van der Waals surface area contributed by atoms with Crippen molar-refractivity contribution in [1.29, 1.82) is 0 Å². The lowest BCUT2D eigenvalue weighted by Crippen LogP contribution is -2.23. The normalized spacial score (nSPS) is 9.11. The molecule has 54 valence electrons. The highest BCUT2D eigenvalue weighted by atomic mass is 16.5. The van der Waals surface area contributed by atoms with Crippen molar-refractivity contribution < 1.29 is 9.53 Å². The van der Waals surface area contributed by atoms with E-state index in [1.807, 2.05) is 6.92 Å². The molecule has 0 saturated carbocycles. The molecule has 9 heavy (non-hydrogen) atoms. The summed E-state index contributed by atoms with van der Waals surface area (Å²) >= 11 is 0. The molecule has 1 amide bonds. The minimum atomic E-state index is 0.0550. The van der Waals surface area contributed by atoms with E-state index in [9.17, 15) is 4.79 Å². The number of carbonyl (C=O) groups excluding carboxylic acids is 1. The van der Waals surface area contributed by atoms with Gasteiger partial charge in [0.15, 0.2) is 0 Å². The molecule has 3 heteroatoms. The van der Waals surface area contributed by atoms with Crippen LogP contribution in [0.5, 0.6) is 0 Å². The summed E-state index contributed by atoms with van der Waals surface area (Å²) in [5.41, 5.74) is 0. The van der Waals surface area contributed by atoms with Gasteiger partial charge in [0.2, 0.25) is 5.91 Å². The second-order valence-electron chi connectivity index (χ2n) is 1.70. The van der Waals surface area contributed by atoms with Gasteiger partial charge in [-0.25, -0.2) is 0 Å². The molecule has 0 aliphatic carbocycles. The summed E-state index contributed by atoms with van der Waals surface area (Å²) in [4.78, 5) is 10.6. The van der Waals surface area contributed by atoms with Gasteiger partial charge in [-0.2, -0.15) is 0 Å². The van der Waals surface area contributed by atoms with E-state index in [0.29, 0.717) is 19.6 Å². The Hall–Kier alpha value is -0.570. The molecule has 0 rings (SSSR count). The average molecular weight is 131 g/mol. The van der Waals surface area contributed by atoms with Crippen LogP contribution in [-0.4, -0.2) is 26.2 Å². The molecule has 0 aromatic heterocycles. The van der Waals surface area contributed by atoms with E-state index in [1.54, 1.807) is 7.11 Å². The topological polar surface area (TPSA) is 38.3 Å². The molecule has 0 fully saturated rings. The lowest BCUT2D eigenvalue weighted by molar-refractivity contribution is -0.121. The molecule has 0 atom stereocenters. The molecule has 0 saturated heterocycles. The van der Waals surface area contributed by atoms with E-state index < -0.39 is 0 Å². The third kappa shape index (κ3) is 5.30. The predicted molar refractivity (Wildman–Crippen MR) is 35.2 cm³/mol. The molecule has 0 bridgehead atoms. The zero-order chi connectivity index (χ0) is 7.11. The van der Waals surface area contributed by atoms with Gasteiger partial charge in [-0.3, -0.25) is 4.79 Å². The lowest BCUT2D eigenvalue weighted by atomic mass is 10.4. The summed E-state index contributed by atoms with van der Waals surface area (Å²) in [7, 11) is 1.58. The Morgan fingerprint density at radius 3 is 2.78 bits per heavy atom. The van der Waals surface area contributed by atoms with Crippen LogP contribution in [-0.2, 0) is 9.53 Å². The zero-order valence-electron chi connectivity index (χ0n) is 5.94. The second-order valence-corrected chi connectivity index (χ2v) is 1.70. The van der Waals surface area contributed by atoms with Gasteiger partial charge in [-0.05, 0) is 6.92 Å². The molecule has 0 spiro atoms. The highest BCUT2D eigenvalue weighted by Gasteiger charge is 1.95. The predicted octanol–water partition coefficient (Wildman–Crippen LogP) is 0.159. The highest BCUT2D eigenvalue weighted by Crippen LogP contribution is 1.78. The van der Waals surface area contributed by atoms with Crippen LogP contribution >= 0.6 is 0 Å². The van der Waals surface area contributed by atoms with Gasteiger partial charge in [-0.15, -0.1) is 0 Å². The number of hydrogen-bond donors (Lipinski definition) is 1. The maximum absolute atomic E-state index is 10.6. The first kappa shape index (κ1) is 8.43. The van der Waals surface area contributed by atoms with E-state index in [-0.39, 0.29) is 5.91 Å². The molecule has 1 N–H and O–H groups in total. The summed E-state index contributed by atoms with van der Waals surface area (Å²) in [6, 6.07) is 0. The number of ether oxygens (including phenoxy) is 1. The maximum Gasteiger partial charge on any atom is 0.222 e. The van der Waals surface area contributed by atoms with Gasteiger partial charge >= 0.3 is 0 Å². The highest BCUT2D eigenvalue weighted by molar-refractivity contribution is 5.75. The van der Waals surface area contributed by atoms with Crippen molar-refractivity contribution >= 4 is 5.91 Å². The van der Waals surface area contributed by atoms with Crippen molar-refractivity contribution in [2.75, 3.05) is 20.3 Å². The molecular formula is C6H13NO2. The first-order valence-electron chi connectivity index (χ1n) is 3.07. The first-order chi connectivity index (χ1) is 4.31. The number of hydrogen-bond acceptors (Lipinski definition) is 2. The minimum Gasteiger partial charge on any atom is -0.384 e. The monoisotopic (exact) mass is 131 g/mol. The Morgan fingerprint density at radius 1 is 1.67 bits per heavy atom. The molecular weight excluding hydrogens is 118 g/mol. The van der Waals surface area contributed by atoms with Crippen LogP contribution < -0.4 is 5.32 Å². The van der Waals surface area contributed by atoms with Crippen molar-refractivity contribution in [2.45, 2.75) is 13.3 Å². The van der Waals surface area contributed by atoms with Gasteiger partial charge in [0.25, 0.3) is 0 Å². The van der Waals surface area contributed by atoms with Crippen molar-refractivity contribution in [3.05, 3.63) is 0 Å². The smallest absolute Gasteiger partial charge is 0.222 e. The van der Waals surface area contributed by atoms with Crippen molar-refractivity contribution in [1.82, 2.24) is 5.32 Å². The Kier molecular flexibility index (Phi) is 5.21. The molecule has 0 aliphatic heterocycles. The van der Waals surface area contributed by atoms with Crippen LogP contribution in [0, 0.1) is 0 Å². The molecule has 0 aliphatic rings. The summed E-state index contributed by atoms with van der Waals surface area (Å²) in [5.74, 6) is 0.0550. The summed E-state index contributed by atoms with van der Waals surface area (Å²) in [6.07, 6.45) is 0.463.